The zero-order valence-electron chi connectivity index (χ0n) is 10.6. The minimum atomic E-state index is -0.454. The minimum Gasteiger partial charge on any atom is -0.466 e. The molecular formula is C13H15NO4. The average Bonchev–Trinajstić information content (AvgIpc) is 2.38. The van der Waals surface area contributed by atoms with Crippen molar-refractivity contribution in [3.8, 4) is 0 Å². The molecule has 0 saturated heterocycles. The predicted octanol–water partition coefficient (Wildman–Crippen LogP) is 2.95. The Labute approximate surface area is 105 Å². The molecule has 5 nitrogen and oxygen atoms in total. The summed E-state index contributed by atoms with van der Waals surface area (Å²) in [4.78, 5) is 21.8. The standard InChI is InChI=1S/C13H15NO4/c1-4-12(9(2)13(15)18-3)10-6-5-7-11(8-10)14(16)17/h5-8H,4H2,1-3H3/b12-9-. The molecule has 1 aromatic rings. The molecule has 0 heterocycles. The van der Waals surface area contributed by atoms with Gasteiger partial charge in [-0.2, -0.15) is 0 Å². The third-order valence-electron chi connectivity index (χ3n) is 2.70. The number of hydrogen-bond acceptors (Lipinski definition) is 4. The highest BCUT2D eigenvalue weighted by atomic mass is 16.6. The lowest BCUT2D eigenvalue weighted by atomic mass is 9.98. The second kappa shape index (κ2) is 5.95. The molecule has 0 amide bonds. The molecule has 18 heavy (non-hydrogen) atoms. The molecule has 5 heteroatoms. The number of carbonyl (C=O) groups is 1. The maximum Gasteiger partial charge on any atom is 0.333 e. The molecule has 0 aromatic heterocycles. The molecule has 1 rings (SSSR count). The van der Waals surface area contributed by atoms with E-state index in [2.05, 4.69) is 4.74 Å². The van der Waals surface area contributed by atoms with Crippen molar-refractivity contribution in [3.05, 3.63) is 45.5 Å². The Hall–Kier alpha value is -2.17. The third-order valence-corrected chi connectivity index (χ3v) is 2.70. The number of hydrogen-bond donors (Lipinski definition) is 0. The van der Waals surface area contributed by atoms with E-state index in [-0.39, 0.29) is 5.69 Å². The summed E-state index contributed by atoms with van der Waals surface area (Å²) in [6.45, 7) is 3.55. The molecule has 96 valence electrons. The first-order valence-electron chi connectivity index (χ1n) is 5.54. The normalized spacial score (nSPS) is 11.7. The van der Waals surface area contributed by atoms with Gasteiger partial charge in [-0.15, -0.1) is 0 Å². The summed E-state index contributed by atoms with van der Waals surface area (Å²) in [5.74, 6) is -0.418. The van der Waals surface area contributed by atoms with Gasteiger partial charge < -0.3 is 4.74 Å². The second-order valence-corrected chi connectivity index (χ2v) is 3.76. The monoisotopic (exact) mass is 249 g/mol. The quantitative estimate of drug-likeness (QED) is 0.356. The van der Waals surface area contributed by atoms with E-state index in [1.54, 1.807) is 19.1 Å². The van der Waals surface area contributed by atoms with E-state index in [1.807, 2.05) is 6.92 Å². The topological polar surface area (TPSA) is 69.4 Å². The summed E-state index contributed by atoms with van der Waals surface area (Å²) >= 11 is 0. The average molecular weight is 249 g/mol. The Morgan fingerprint density at radius 2 is 2.11 bits per heavy atom. The van der Waals surface area contributed by atoms with E-state index < -0.39 is 10.9 Å². The molecule has 0 aliphatic rings. The van der Waals surface area contributed by atoms with Crippen molar-refractivity contribution in [2.75, 3.05) is 7.11 Å². The van der Waals surface area contributed by atoms with Gasteiger partial charge in [-0.05, 0) is 24.5 Å². The number of esters is 1. The van der Waals surface area contributed by atoms with Crippen LogP contribution in [0.2, 0.25) is 0 Å². The number of non-ortho nitro benzene ring substituents is 1. The van der Waals surface area contributed by atoms with Crippen molar-refractivity contribution in [1.29, 1.82) is 0 Å². The predicted molar refractivity (Wildman–Crippen MR) is 68.0 cm³/mol. The molecule has 0 spiro atoms. The summed E-state index contributed by atoms with van der Waals surface area (Å²) < 4.78 is 4.66. The van der Waals surface area contributed by atoms with E-state index in [0.717, 1.165) is 5.57 Å². The Morgan fingerprint density at radius 3 is 2.61 bits per heavy atom. The highest BCUT2D eigenvalue weighted by Gasteiger charge is 2.14. The number of methoxy groups -OCH3 is 1. The van der Waals surface area contributed by atoms with Crippen molar-refractivity contribution in [2.45, 2.75) is 20.3 Å². The van der Waals surface area contributed by atoms with Gasteiger partial charge in [-0.3, -0.25) is 10.1 Å². The van der Waals surface area contributed by atoms with Gasteiger partial charge >= 0.3 is 5.97 Å². The fourth-order valence-corrected chi connectivity index (χ4v) is 1.77. The molecule has 0 bridgehead atoms. The van der Waals surface area contributed by atoms with Crippen LogP contribution >= 0.6 is 0 Å². The lowest BCUT2D eigenvalue weighted by Gasteiger charge is -2.09. The molecule has 0 fully saturated rings. The van der Waals surface area contributed by atoms with Crippen LogP contribution in [0.5, 0.6) is 0 Å². The maximum atomic E-state index is 11.5. The summed E-state index contributed by atoms with van der Waals surface area (Å²) in [7, 11) is 1.31. The van der Waals surface area contributed by atoms with Gasteiger partial charge in [0.2, 0.25) is 0 Å². The van der Waals surface area contributed by atoms with Crippen molar-refractivity contribution in [1.82, 2.24) is 0 Å². The first kappa shape index (κ1) is 13.9. The number of carbonyl (C=O) groups excluding carboxylic acids is 1. The number of nitro groups is 1. The van der Waals surface area contributed by atoms with Gasteiger partial charge in [0, 0.05) is 17.7 Å². The lowest BCUT2D eigenvalue weighted by Crippen LogP contribution is -2.04. The molecule has 0 unspecified atom stereocenters. The van der Waals surface area contributed by atoms with Gasteiger partial charge in [-0.25, -0.2) is 4.79 Å². The van der Waals surface area contributed by atoms with Gasteiger partial charge in [0.1, 0.15) is 0 Å². The number of nitro benzene ring substituents is 1. The SMILES string of the molecule is CC/C(=C(\C)C(=O)OC)c1cccc([N+](=O)[O-])c1. The number of allylic oxidation sites excluding steroid dienone is 1. The van der Waals surface area contributed by atoms with Gasteiger partial charge in [0.05, 0.1) is 12.0 Å². The van der Waals surface area contributed by atoms with Crippen LogP contribution in [0.3, 0.4) is 0 Å². The highest BCUT2D eigenvalue weighted by Crippen LogP contribution is 2.25. The Morgan fingerprint density at radius 1 is 1.44 bits per heavy atom. The molecule has 0 saturated carbocycles. The van der Waals surface area contributed by atoms with Gasteiger partial charge in [-0.1, -0.05) is 19.1 Å². The van der Waals surface area contributed by atoms with Crippen LogP contribution < -0.4 is 0 Å². The summed E-state index contributed by atoms with van der Waals surface area (Å²) in [6.07, 6.45) is 0.599. The van der Waals surface area contributed by atoms with Crippen LogP contribution in [0.25, 0.3) is 5.57 Å². The van der Waals surface area contributed by atoms with Crippen molar-refractivity contribution >= 4 is 17.2 Å². The van der Waals surface area contributed by atoms with Gasteiger partial charge in [0.25, 0.3) is 5.69 Å². The van der Waals surface area contributed by atoms with Crippen LogP contribution in [-0.4, -0.2) is 18.0 Å². The third kappa shape index (κ3) is 2.94. The van der Waals surface area contributed by atoms with Crippen LogP contribution in [0.4, 0.5) is 5.69 Å². The minimum absolute atomic E-state index is 0.0103. The number of ether oxygens (including phenoxy) is 1. The largest absolute Gasteiger partial charge is 0.466 e. The smallest absolute Gasteiger partial charge is 0.333 e. The zero-order chi connectivity index (χ0) is 13.7. The van der Waals surface area contributed by atoms with E-state index in [1.165, 1.54) is 19.2 Å². The maximum absolute atomic E-state index is 11.5. The fourth-order valence-electron chi connectivity index (χ4n) is 1.77. The van der Waals surface area contributed by atoms with Crippen LogP contribution in [0, 0.1) is 10.1 Å². The first-order valence-corrected chi connectivity index (χ1v) is 5.54. The van der Waals surface area contributed by atoms with Gasteiger partial charge in [0.15, 0.2) is 0 Å². The lowest BCUT2D eigenvalue weighted by molar-refractivity contribution is -0.384. The number of nitrogens with zero attached hydrogens (tertiary/aromatic N) is 1. The van der Waals surface area contributed by atoms with E-state index in [9.17, 15) is 14.9 Å². The Balaban J connectivity index is 3.29. The molecular weight excluding hydrogens is 234 g/mol. The summed E-state index contributed by atoms with van der Waals surface area (Å²) in [6, 6.07) is 6.24. The molecule has 0 aliphatic carbocycles. The zero-order valence-corrected chi connectivity index (χ0v) is 10.6. The highest BCUT2D eigenvalue weighted by molar-refractivity contribution is 5.97. The molecule has 0 radical (unpaired) electrons. The molecule has 0 N–H and O–H groups in total. The molecule has 0 atom stereocenters. The molecule has 0 aliphatic heterocycles. The Kier molecular flexibility index (Phi) is 4.59. The van der Waals surface area contributed by atoms with Crippen molar-refractivity contribution in [3.63, 3.8) is 0 Å². The van der Waals surface area contributed by atoms with Crippen LogP contribution in [0.1, 0.15) is 25.8 Å². The Bertz CT molecular complexity index is 505. The van der Waals surface area contributed by atoms with E-state index in [0.29, 0.717) is 17.6 Å². The van der Waals surface area contributed by atoms with Crippen LogP contribution in [0.15, 0.2) is 29.8 Å². The van der Waals surface area contributed by atoms with E-state index >= 15 is 0 Å². The van der Waals surface area contributed by atoms with Crippen molar-refractivity contribution in [2.24, 2.45) is 0 Å². The fraction of sp³-hybridized carbons (Fsp3) is 0.308. The number of rotatable bonds is 4. The summed E-state index contributed by atoms with van der Waals surface area (Å²) in [5.41, 5.74) is 1.91. The first-order chi connectivity index (χ1) is 8.51. The van der Waals surface area contributed by atoms with E-state index in [4.69, 9.17) is 0 Å². The second-order valence-electron chi connectivity index (χ2n) is 3.76. The number of benzene rings is 1. The summed E-state index contributed by atoms with van der Waals surface area (Å²) in [5, 5.41) is 10.7. The van der Waals surface area contributed by atoms with Crippen LogP contribution in [-0.2, 0) is 9.53 Å². The van der Waals surface area contributed by atoms with Crippen molar-refractivity contribution < 1.29 is 14.5 Å². The molecule has 1 aromatic carbocycles.